The van der Waals surface area contributed by atoms with Gasteiger partial charge < -0.3 is 14.6 Å². The molecule has 0 saturated heterocycles. The Hall–Kier alpha value is -0.120. The summed E-state index contributed by atoms with van der Waals surface area (Å²) >= 11 is 0. The van der Waals surface area contributed by atoms with Gasteiger partial charge in [-0.05, 0) is 38.5 Å². The summed E-state index contributed by atoms with van der Waals surface area (Å²) in [6.45, 7) is 5.01. The molecule has 0 bridgehead atoms. The normalized spacial score (nSPS) is 25.9. The fourth-order valence-corrected chi connectivity index (χ4v) is 2.36. The fourth-order valence-electron chi connectivity index (χ4n) is 2.36. The van der Waals surface area contributed by atoms with Gasteiger partial charge >= 0.3 is 0 Å². The van der Waals surface area contributed by atoms with Gasteiger partial charge in [-0.3, -0.25) is 0 Å². The van der Waals surface area contributed by atoms with Crippen LogP contribution in [0, 0.1) is 5.92 Å². The lowest BCUT2D eigenvalue weighted by Gasteiger charge is -2.25. The summed E-state index contributed by atoms with van der Waals surface area (Å²) in [7, 11) is 0. The highest BCUT2D eigenvalue weighted by atomic mass is 16.5. The van der Waals surface area contributed by atoms with Crippen LogP contribution in [-0.2, 0) is 9.47 Å². The lowest BCUT2D eigenvalue weighted by atomic mass is 9.84. The number of ether oxygens (including phenoxy) is 2. The highest BCUT2D eigenvalue weighted by molar-refractivity contribution is 4.71. The van der Waals surface area contributed by atoms with Crippen molar-refractivity contribution in [3.8, 4) is 0 Å². The van der Waals surface area contributed by atoms with Crippen LogP contribution in [0.1, 0.15) is 45.4 Å². The average Bonchev–Trinajstić information content (AvgIpc) is 2.28. The zero-order valence-electron chi connectivity index (χ0n) is 10.5. The van der Waals surface area contributed by atoms with E-state index in [1.54, 1.807) is 0 Å². The van der Waals surface area contributed by atoms with Crippen molar-refractivity contribution in [3.05, 3.63) is 0 Å². The van der Waals surface area contributed by atoms with Crippen LogP contribution in [0.25, 0.3) is 0 Å². The molecule has 0 aromatic rings. The Morgan fingerprint density at radius 3 is 2.69 bits per heavy atom. The second kappa shape index (κ2) is 8.97. The average molecular weight is 230 g/mol. The second-order valence-corrected chi connectivity index (χ2v) is 4.64. The van der Waals surface area contributed by atoms with E-state index in [0.717, 1.165) is 38.4 Å². The van der Waals surface area contributed by atoms with Crippen molar-refractivity contribution in [2.24, 2.45) is 5.92 Å². The lowest BCUT2D eigenvalue weighted by Crippen LogP contribution is -2.19. The summed E-state index contributed by atoms with van der Waals surface area (Å²) in [5, 5.41) is 9.53. The Bertz CT molecular complexity index is 161. The minimum absolute atomic E-state index is 0.0439. The molecule has 1 aliphatic rings. The number of aliphatic hydroxyl groups is 1. The molecule has 2 unspecified atom stereocenters. The molecule has 0 spiro atoms. The van der Waals surface area contributed by atoms with Crippen LogP contribution >= 0.6 is 0 Å². The first-order valence-electron chi connectivity index (χ1n) is 6.66. The van der Waals surface area contributed by atoms with Crippen molar-refractivity contribution in [1.29, 1.82) is 0 Å². The Balaban J connectivity index is 1.86. The van der Waals surface area contributed by atoms with Crippen LogP contribution in [0.15, 0.2) is 0 Å². The highest BCUT2D eigenvalue weighted by Crippen LogP contribution is 2.27. The quantitative estimate of drug-likeness (QED) is 0.651. The SMILES string of the molecule is CCOCCOCCCC1CCCC(O)C1. The summed E-state index contributed by atoms with van der Waals surface area (Å²) < 4.78 is 10.7. The molecule has 1 N–H and O–H groups in total. The second-order valence-electron chi connectivity index (χ2n) is 4.64. The molecule has 0 aromatic carbocycles. The van der Waals surface area contributed by atoms with Gasteiger partial charge in [-0.25, -0.2) is 0 Å². The predicted octanol–water partition coefficient (Wildman–Crippen LogP) is 2.37. The maximum atomic E-state index is 9.53. The first-order chi connectivity index (χ1) is 7.83. The number of rotatable bonds is 8. The summed E-state index contributed by atoms with van der Waals surface area (Å²) in [5.41, 5.74) is 0. The molecule has 0 radical (unpaired) electrons. The van der Waals surface area contributed by atoms with E-state index in [2.05, 4.69) is 0 Å². The van der Waals surface area contributed by atoms with Crippen molar-refractivity contribution < 1.29 is 14.6 Å². The zero-order valence-corrected chi connectivity index (χ0v) is 10.5. The molecule has 96 valence electrons. The van der Waals surface area contributed by atoms with Crippen LogP contribution in [-0.4, -0.2) is 37.6 Å². The number of hydrogen-bond acceptors (Lipinski definition) is 3. The van der Waals surface area contributed by atoms with E-state index in [1.807, 2.05) is 6.92 Å². The largest absolute Gasteiger partial charge is 0.393 e. The third-order valence-corrected chi connectivity index (χ3v) is 3.23. The van der Waals surface area contributed by atoms with E-state index in [9.17, 15) is 5.11 Å². The van der Waals surface area contributed by atoms with Crippen LogP contribution in [0.5, 0.6) is 0 Å². The van der Waals surface area contributed by atoms with E-state index < -0.39 is 0 Å². The maximum absolute atomic E-state index is 9.53. The summed E-state index contributed by atoms with van der Waals surface area (Å²) in [6.07, 6.45) is 6.75. The summed E-state index contributed by atoms with van der Waals surface area (Å²) in [5.74, 6) is 0.722. The molecule has 3 nitrogen and oxygen atoms in total. The van der Waals surface area contributed by atoms with Gasteiger partial charge in [0.1, 0.15) is 0 Å². The van der Waals surface area contributed by atoms with E-state index >= 15 is 0 Å². The van der Waals surface area contributed by atoms with Gasteiger partial charge in [0.15, 0.2) is 0 Å². The van der Waals surface area contributed by atoms with Crippen molar-refractivity contribution in [2.45, 2.75) is 51.6 Å². The molecule has 0 aromatic heterocycles. The van der Waals surface area contributed by atoms with Crippen molar-refractivity contribution in [3.63, 3.8) is 0 Å². The van der Waals surface area contributed by atoms with E-state index in [4.69, 9.17) is 9.47 Å². The van der Waals surface area contributed by atoms with Crippen LogP contribution in [0.4, 0.5) is 0 Å². The molecule has 16 heavy (non-hydrogen) atoms. The van der Waals surface area contributed by atoms with E-state index in [-0.39, 0.29) is 6.10 Å². The first-order valence-corrected chi connectivity index (χ1v) is 6.66. The minimum atomic E-state index is -0.0439. The predicted molar refractivity (Wildman–Crippen MR) is 64.5 cm³/mol. The zero-order chi connectivity index (χ0) is 11.6. The van der Waals surface area contributed by atoms with Crippen molar-refractivity contribution in [1.82, 2.24) is 0 Å². The maximum Gasteiger partial charge on any atom is 0.0700 e. The van der Waals surface area contributed by atoms with Gasteiger partial charge in [0.2, 0.25) is 0 Å². The van der Waals surface area contributed by atoms with Crippen LogP contribution < -0.4 is 0 Å². The van der Waals surface area contributed by atoms with Crippen molar-refractivity contribution >= 4 is 0 Å². The topological polar surface area (TPSA) is 38.7 Å². The molecule has 2 atom stereocenters. The monoisotopic (exact) mass is 230 g/mol. The number of aliphatic hydroxyl groups excluding tert-OH is 1. The molecule has 1 fully saturated rings. The standard InChI is InChI=1S/C13H26O3/c1-2-15-9-10-16-8-4-6-12-5-3-7-13(14)11-12/h12-14H,2-11H2,1H3. The minimum Gasteiger partial charge on any atom is -0.393 e. The molecule has 1 saturated carbocycles. The summed E-state index contributed by atoms with van der Waals surface area (Å²) in [4.78, 5) is 0. The molecular weight excluding hydrogens is 204 g/mol. The van der Waals surface area contributed by atoms with Gasteiger partial charge in [-0.2, -0.15) is 0 Å². The van der Waals surface area contributed by atoms with Crippen molar-refractivity contribution in [2.75, 3.05) is 26.4 Å². The van der Waals surface area contributed by atoms with Gasteiger partial charge in [0, 0.05) is 13.2 Å². The Morgan fingerprint density at radius 2 is 1.94 bits per heavy atom. The molecular formula is C13H26O3. The molecule has 0 amide bonds. The van der Waals surface area contributed by atoms with Crippen LogP contribution in [0.2, 0.25) is 0 Å². The van der Waals surface area contributed by atoms with Gasteiger partial charge in [-0.1, -0.05) is 12.8 Å². The Labute approximate surface area is 99.1 Å². The van der Waals surface area contributed by atoms with Gasteiger partial charge in [-0.15, -0.1) is 0 Å². The van der Waals surface area contributed by atoms with Gasteiger partial charge in [0.05, 0.1) is 19.3 Å². The Morgan fingerprint density at radius 1 is 1.12 bits per heavy atom. The third-order valence-electron chi connectivity index (χ3n) is 3.23. The van der Waals surface area contributed by atoms with E-state index in [1.165, 1.54) is 19.3 Å². The molecule has 1 aliphatic carbocycles. The molecule has 3 heteroatoms. The lowest BCUT2D eigenvalue weighted by molar-refractivity contribution is 0.0469. The summed E-state index contributed by atoms with van der Waals surface area (Å²) in [6, 6.07) is 0. The highest BCUT2D eigenvalue weighted by Gasteiger charge is 2.19. The fraction of sp³-hybridized carbons (Fsp3) is 1.00. The third kappa shape index (κ3) is 6.46. The van der Waals surface area contributed by atoms with Gasteiger partial charge in [0.25, 0.3) is 0 Å². The Kier molecular flexibility index (Phi) is 7.81. The molecule has 1 rings (SSSR count). The smallest absolute Gasteiger partial charge is 0.0700 e. The number of hydrogen-bond donors (Lipinski definition) is 1. The van der Waals surface area contributed by atoms with E-state index in [0.29, 0.717) is 13.2 Å². The molecule has 0 aliphatic heterocycles. The first kappa shape index (κ1) is 13.9. The van der Waals surface area contributed by atoms with Crippen LogP contribution in [0.3, 0.4) is 0 Å². The molecule has 0 heterocycles.